The van der Waals surface area contributed by atoms with Crippen molar-refractivity contribution in [3.63, 3.8) is 0 Å². The van der Waals surface area contributed by atoms with Crippen molar-refractivity contribution in [2.75, 3.05) is 12.3 Å². The number of nitrogens with zero attached hydrogens (tertiary/aromatic N) is 1. The van der Waals surface area contributed by atoms with Crippen LogP contribution in [-0.2, 0) is 0 Å². The molecular weight excluding hydrogens is 304 g/mol. The molecule has 1 saturated heterocycles. The van der Waals surface area contributed by atoms with Crippen LogP contribution in [-0.4, -0.2) is 27.8 Å². The summed E-state index contributed by atoms with van der Waals surface area (Å²) in [5, 5.41) is 6.99. The van der Waals surface area contributed by atoms with Gasteiger partial charge in [0.2, 0.25) is 0 Å². The lowest BCUT2D eigenvalue weighted by molar-refractivity contribution is 0.575. The maximum Gasteiger partial charge on any atom is 0.107 e. The van der Waals surface area contributed by atoms with Crippen molar-refractivity contribution in [3.8, 4) is 0 Å². The molecule has 2 heterocycles. The third kappa shape index (κ3) is 3.93. The first kappa shape index (κ1) is 16.7. The molecule has 0 amide bonds. The van der Waals surface area contributed by atoms with Crippen LogP contribution in [0.4, 0.5) is 0 Å². The third-order valence-electron chi connectivity index (χ3n) is 3.77. The third-order valence-corrected chi connectivity index (χ3v) is 8.77. The van der Waals surface area contributed by atoms with E-state index >= 15 is 0 Å². The summed E-state index contributed by atoms with van der Waals surface area (Å²) in [6, 6.07) is 0.429. The Hall–Kier alpha value is 0.290. The van der Waals surface area contributed by atoms with Crippen molar-refractivity contribution in [2.24, 2.45) is 0 Å². The fourth-order valence-corrected chi connectivity index (χ4v) is 6.62. The van der Waals surface area contributed by atoms with E-state index in [0.29, 0.717) is 11.3 Å². The van der Waals surface area contributed by atoms with E-state index in [0.717, 1.165) is 17.0 Å². The Bertz CT molecular complexity index is 433. The van der Waals surface area contributed by atoms with E-state index in [-0.39, 0.29) is 0 Å². The molecule has 0 radical (unpaired) electrons. The van der Waals surface area contributed by atoms with Crippen molar-refractivity contribution in [1.82, 2.24) is 10.3 Å². The van der Waals surface area contributed by atoms with Crippen LogP contribution in [0.1, 0.15) is 61.0 Å². The topological polar surface area (TPSA) is 24.9 Å². The second kappa shape index (κ2) is 7.52. The summed E-state index contributed by atoms with van der Waals surface area (Å²) in [6.45, 7) is 12.4. The highest BCUT2D eigenvalue weighted by atomic mass is 32.2. The Balaban J connectivity index is 2.07. The first-order valence-electron chi connectivity index (χ1n) is 7.50. The van der Waals surface area contributed by atoms with Gasteiger partial charge < -0.3 is 5.32 Å². The predicted octanol–water partition coefficient (Wildman–Crippen LogP) is 4.81. The Morgan fingerprint density at radius 1 is 1.35 bits per heavy atom. The minimum atomic E-state index is 0.429. The molecular formula is C15H26N2S3. The van der Waals surface area contributed by atoms with Gasteiger partial charge in [-0.2, -0.15) is 11.8 Å². The first-order chi connectivity index (χ1) is 9.52. The molecule has 1 aromatic heterocycles. The van der Waals surface area contributed by atoms with Gasteiger partial charge in [-0.3, -0.25) is 0 Å². The van der Waals surface area contributed by atoms with Crippen molar-refractivity contribution in [1.29, 1.82) is 0 Å². The Morgan fingerprint density at radius 3 is 2.75 bits per heavy atom. The lowest BCUT2D eigenvalue weighted by atomic mass is 10.2. The molecule has 4 atom stereocenters. The summed E-state index contributed by atoms with van der Waals surface area (Å²) in [6.07, 6.45) is 1.18. The molecule has 1 aliphatic rings. The summed E-state index contributed by atoms with van der Waals surface area (Å²) < 4.78 is 0. The lowest BCUT2D eigenvalue weighted by Crippen LogP contribution is -2.21. The van der Waals surface area contributed by atoms with E-state index < -0.39 is 0 Å². The van der Waals surface area contributed by atoms with Gasteiger partial charge >= 0.3 is 0 Å². The second-order valence-electron chi connectivity index (χ2n) is 5.55. The van der Waals surface area contributed by atoms with Crippen molar-refractivity contribution >= 4 is 34.9 Å². The zero-order valence-electron chi connectivity index (χ0n) is 13.1. The number of hydrogen-bond donors (Lipinski definition) is 1. The molecule has 20 heavy (non-hydrogen) atoms. The first-order valence-corrected chi connectivity index (χ1v) is 10.3. The normalized spacial score (nSPS) is 28.6. The standard InChI is InChI=1S/C15H26N2S3/c1-6-7-16-9(2)14-10(3)17-15(20-14)13-8-18-11(4)12(5)19-13/h9,11-13,16H,6-8H2,1-5H3. The molecule has 2 nitrogen and oxygen atoms in total. The van der Waals surface area contributed by atoms with Gasteiger partial charge in [-0.15, -0.1) is 23.1 Å². The molecule has 114 valence electrons. The molecule has 0 bridgehead atoms. The lowest BCUT2D eigenvalue weighted by Gasteiger charge is -2.30. The van der Waals surface area contributed by atoms with E-state index in [1.54, 1.807) is 0 Å². The highest BCUT2D eigenvalue weighted by Crippen LogP contribution is 2.46. The van der Waals surface area contributed by atoms with Gasteiger partial charge in [0.05, 0.1) is 10.9 Å². The molecule has 4 unspecified atom stereocenters. The van der Waals surface area contributed by atoms with Crippen LogP contribution in [0.5, 0.6) is 0 Å². The maximum atomic E-state index is 4.87. The van der Waals surface area contributed by atoms with Crippen molar-refractivity contribution < 1.29 is 0 Å². The van der Waals surface area contributed by atoms with Crippen molar-refractivity contribution in [3.05, 3.63) is 15.6 Å². The molecule has 1 aliphatic heterocycles. The van der Waals surface area contributed by atoms with E-state index in [1.165, 1.54) is 27.8 Å². The fourth-order valence-electron chi connectivity index (χ4n) is 2.34. The molecule has 1 fully saturated rings. The van der Waals surface area contributed by atoms with Gasteiger partial charge in [-0.25, -0.2) is 4.98 Å². The van der Waals surface area contributed by atoms with Crippen LogP contribution < -0.4 is 5.32 Å². The summed E-state index contributed by atoms with van der Waals surface area (Å²) >= 11 is 6.12. The molecule has 1 N–H and O–H groups in total. The van der Waals surface area contributed by atoms with Crippen LogP contribution in [0.3, 0.4) is 0 Å². The predicted molar refractivity (Wildman–Crippen MR) is 95.3 cm³/mol. The van der Waals surface area contributed by atoms with E-state index in [1.807, 2.05) is 11.3 Å². The SMILES string of the molecule is CCCNC(C)c1sc(C2CSC(C)C(C)S2)nc1C. The average molecular weight is 331 g/mol. The molecule has 0 saturated carbocycles. The largest absolute Gasteiger partial charge is 0.309 e. The molecule has 0 spiro atoms. The minimum Gasteiger partial charge on any atom is -0.309 e. The number of hydrogen-bond acceptors (Lipinski definition) is 5. The highest BCUT2D eigenvalue weighted by molar-refractivity contribution is 8.07. The molecule has 5 heteroatoms. The van der Waals surface area contributed by atoms with Crippen LogP contribution in [0.15, 0.2) is 0 Å². The Kier molecular flexibility index (Phi) is 6.26. The maximum absolute atomic E-state index is 4.87. The van der Waals surface area contributed by atoms with E-state index in [9.17, 15) is 0 Å². The van der Waals surface area contributed by atoms with Crippen LogP contribution in [0.25, 0.3) is 0 Å². The van der Waals surface area contributed by atoms with Crippen LogP contribution in [0.2, 0.25) is 0 Å². The van der Waals surface area contributed by atoms with Crippen molar-refractivity contribution in [2.45, 2.75) is 62.8 Å². The monoisotopic (exact) mass is 330 g/mol. The number of thioether (sulfide) groups is 2. The molecule has 1 aromatic rings. The number of aryl methyl sites for hydroxylation is 1. The smallest absolute Gasteiger partial charge is 0.107 e. The summed E-state index contributed by atoms with van der Waals surface area (Å²) in [7, 11) is 0. The molecule has 0 aromatic carbocycles. The number of aromatic nitrogens is 1. The zero-order chi connectivity index (χ0) is 14.7. The highest BCUT2D eigenvalue weighted by Gasteiger charge is 2.29. The molecule has 0 aliphatic carbocycles. The summed E-state index contributed by atoms with van der Waals surface area (Å²) in [5.41, 5.74) is 1.22. The van der Waals surface area contributed by atoms with Gasteiger partial charge in [-0.1, -0.05) is 20.8 Å². The van der Waals surface area contributed by atoms with Gasteiger partial charge in [0.1, 0.15) is 5.01 Å². The van der Waals surface area contributed by atoms with Crippen LogP contribution in [0, 0.1) is 6.92 Å². The zero-order valence-corrected chi connectivity index (χ0v) is 15.6. The number of nitrogens with one attached hydrogen (secondary N) is 1. The van der Waals surface area contributed by atoms with Crippen LogP contribution >= 0.6 is 34.9 Å². The number of rotatable bonds is 5. The quantitative estimate of drug-likeness (QED) is 0.837. The number of thiazole rings is 1. The van der Waals surface area contributed by atoms with Gasteiger partial charge in [0.25, 0.3) is 0 Å². The van der Waals surface area contributed by atoms with E-state index in [2.05, 4.69) is 63.5 Å². The minimum absolute atomic E-state index is 0.429. The average Bonchev–Trinajstić information content (AvgIpc) is 2.81. The van der Waals surface area contributed by atoms with Gasteiger partial charge in [0, 0.05) is 27.2 Å². The molecule has 2 rings (SSSR count). The Labute approximate surface area is 135 Å². The fraction of sp³-hybridized carbons (Fsp3) is 0.800. The van der Waals surface area contributed by atoms with E-state index in [4.69, 9.17) is 4.98 Å². The summed E-state index contributed by atoms with van der Waals surface area (Å²) in [5.74, 6) is 1.21. The van der Waals surface area contributed by atoms with Gasteiger partial charge in [-0.05, 0) is 26.8 Å². The summed E-state index contributed by atoms with van der Waals surface area (Å²) in [4.78, 5) is 6.29. The second-order valence-corrected chi connectivity index (χ2v) is 9.60. The van der Waals surface area contributed by atoms with Gasteiger partial charge in [0.15, 0.2) is 0 Å². The Morgan fingerprint density at radius 2 is 2.10 bits per heavy atom.